The maximum Gasteiger partial charge on any atom is 0.265 e. The highest BCUT2D eigenvalue weighted by Crippen LogP contribution is 2.12. The van der Waals surface area contributed by atoms with Crippen molar-refractivity contribution in [1.82, 2.24) is 5.32 Å². The van der Waals surface area contributed by atoms with Crippen molar-refractivity contribution in [3.8, 4) is 0 Å². The molecule has 0 radical (unpaired) electrons. The highest BCUT2D eigenvalue weighted by Gasteiger charge is 2.12. The Hall–Kier alpha value is -2.34. The topological polar surface area (TPSA) is 85.3 Å². The van der Waals surface area contributed by atoms with Crippen molar-refractivity contribution >= 4 is 33.8 Å². The van der Waals surface area contributed by atoms with Crippen LogP contribution in [0.2, 0.25) is 0 Å². The Morgan fingerprint density at radius 1 is 1.25 bits per heavy atom. The van der Waals surface area contributed by atoms with Gasteiger partial charge in [0.25, 0.3) is 11.8 Å². The lowest BCUT2D eigenvalue weighted by Crippen LogP contribution is -2.31. The summed E-state index contributed by atoms with van der Waals surface area (Å²) in [7, 11) is 0. The number of carbonyl (C=O) groups excluding carboxylic acids is 2. The number of halogens is 1. The van der Waals surface area contributed by atoms with Crippen LogP contribution in [0.3, 0.4) is 0 Å². The van der Waals surface area contributed by atoms with Crippen molar-refractivity contribution in [3.63, 3.8) is 0 Å². The van der Waals surface area contributed by atoms with Crippen LogP contribution in [0.15, 0.2) is 57.2 Å². The number of nitrogens with two attached hydrogens (primary N) is 1. The fourth-order valence-corrected chi connectivity index (χ4v) is 1.91. The lowest BCUT2D eigenvalue weighted by atomic mass is 10.2. The zero-order valence-electron chi connectivity index (χ0n) is 10.3. The van der Waals surface area contributed by atoms with E-state index in [1.165, 1.54) is 12.3 Å². The summed E-state index contributed by atoms with van der Waals surface area (Å²) < 4.78 is 5.84. The molecule has 1 aromatic carbocycles. The summed E-state index contributed by atoms with van der Waals surface area (Å²) in [5.41, 5.74) is 5.61. The Labute approximate surface area is 123 Å². The SMILES string of the molecule is NC(=O)/C(=C/c1ccco1)NC(=O)c1cccc(Br)c1. The van der Waals surface area contributed by atoms with E-state index in [9.17, 15) is 9.59 Å². The van der Waals surface area contributed by atoms with E-state index in [1.54, 1.807) is 36.4 Å². The van der Waals surface area contributed by atoms with Gasteiger partial charge in [-0.3, -0.25) is 9.59 Å². The van der Waals surface area contributed by atoms with Gasteiger partial charge in [-0.05, 0) is 30.3 Å². The van der Waals surface area contributed by atoms with Crippen LogP contribution in [-0.4, -0.2) is 11.8 Å². The highest BCUT2D eigenvalue weighted by molar-refractivity contribution is 9.10. The molecule has 0 saturated heterocycles. The standard InChI is InChI=1S/C14H11BrN2O3/c15-10-4-1-3-9(7-10)14(19)17-12(13(16)18)8-11-5-2-6-20-11/h1-8H,(H2,16,18)(H,17,19)/b12-8-. The van der Waals surface area contributed by atoms with Crippen LogP contribution in [0, 0.1) is 0 Å². The molecule has 6 heteroatoms. The number of hydrogen-bond donors (Lipinski definition) is 2. The van der Waals surface area contributed by atoms with E-state index < -0.39 is 11.8 Å². The quantitative estimate of drug-likeness (QED) is 0.841. The van der Waals surface area contributed by atoms with Crippen LogP contribution in [0.25, 0.3) is 6.08 Å². The van der Waals surface area contributed by atoms with Crippen molar-refractivity contribution in [2.24, 2.45) is 5.73 Å². The van der Waals surface area contributed by atoms with Gasteiger partial charge < -0.3 is 15.5 Å². The van der Waals surface area contributed by atoms with Gasteiger partial charge in [0.15, 0.2) is 0 Å². The summed E-state index contributed by atoms with van der Waals surface area (Å²) in [6, 6.07) is 10.1. The number of amides is 2. The molecule has 0 aliphatic carbocycles. The smallest absolute Gasteiger partial charge is 0.265 e. The number of furan rings is 1. The van der Waals surface area contributed by atoms with E-state index in [1.807, 2.05) is 0 Å². The molecule has 0 aliphatic heterocycles. The van der Waals surface area contributed by atoms with E-state index in [0.717, 1.165) is 4.47 Å². The van der Waals surface area contributed by atoms with Gasteiger partial charge in [0.1, 0.15) is 11.5 Å². The van der Waals surface area contributed by atoms with E-state index in [2.05, 4.69) is 21.2 Å². The molecular weight excluding hydrogens is 324 g/mol. The molecule has 1 heterocycles. The zero-order chi connectivity index (χ0) is 14.5. The molecule has 5 nitrogen and oxygen atoms in total. The van der Waals surface area contributed by atoms with Crippen LogP contribution in [-0.2, 0) is 4.79 Å². The molecule has 0 aliphatic rings. The number of primary amides is 1. The van der Waals surface area contributed by atoms with Crippen molar-refractivity contribution in [2.75, 3.05) is 0 Å². The predicted octanol–water partition coefficient (Wildman–Crippen LogP) is 2.30. The zero-order valence-corrected chi connectivity index (χ0v) is 11.9. The van der Waals surface area contributed by atoms with Crippen molar-refractivity contribution < 1.29 is 14.0 Å². The summed E-state index contributed by atoms with van der Waals surface area (Å²) in [6.07, 6.45) is 2.83. The minimum atomic E-state index is -0.746. The summed E-state index contributed by atoms with van der Waals surface area (Å²) in [5, 5.41) is 2.47. The van der Waals surface area contributed by atoms with Gasteiger partial charge in [-0.2, -0.15) is 0 Å². The molecule has 102 valence electrons. The largest absolute Gasteiger partial charge is 0.465 e. The van der Waals surface area contributed by atoms with Crippen molar-refractivity contribution in [3.05, 3.63) is 64.2 Å². The Balaban J connectivity index is 2.21. The first-order valence-electron chi connectivity index (χ1n) is 5.68. The normalized spacial score (nSPS) is 11.2. The van der Waals surface area contributed by atoms with Crippen LogP contribution < -0.4 is 11.1 Å². The third kappa shape index (κ3) is 3.58. The number of hydrogen-bond acceptors (Lipinski definition) is 3. The van der Waals surface area contributed by atoms with E-state index >= 15 is 0 Å². The number of carbonyl (C=O) groups is 2. The fraction of sp³-hybridized carbons (Fsp3) is 0. The van der Waals surface area contributed by atoms with Gasteiger partial charge in [0, 0.05) is 16.1 Å². The van der Waals surface area contributed by atoms with Gasteiger partial charge in [0.2, 0.25) is 0 Å². The second kappa shape index (κ2) is 6.21. The molecule has 2 rings (SSSR count). The molecule has 20 heavy (non-hydrogen) atoms. The maximum atomic E-state index is 12.0. The van der Waals surface area contributed by atoms with Crippen LogP contribution in [0.5, 0.6) is 0 Å². The van der Waals surface area contributed by atoms with E-state index in [4.69, 9.17) is 10.2 Å². The highest BCUT2D eigenvalue weighted by atomic mass is 79.9. The second-order valence-corrected chi connectivity index (χ2v) is 4.82. The molecule has 0 saturated carbocycles. The molecule has 0 fully saturated rings. The Morgan fingerprint density at radius 3 is 2.65 bits per heavy atom. The summed E-state index contributed by atoms with van der Waals surface area (Å²) in [4.78, 5) is 23.4. The molecule has 2 amide bonds. The Morgan fingerprint density at radius 2 is 2.05 bits per heavy atom. The first-order chi connectivity index (χ1) is 9.56. The molecule has 1 aromatic heterocycles. The molecule has 2 aromatic rings. The fourth-order valence-electron chi connectivity index (χ4n) is 1.51. The van der Waals surface area contributed by atoms with E-state index in [0.29, 0.717) is 11.3 Å². The van der Waals surface area contributed by atoms with Gasteiger partial charge >= 0.3 is 0 Å². The molecule has 0 spiro atoms. The van der Waals surface area contributed by atoms with Crippen LogP contribution in [0.1, 0.15) is 16.1 Å². The molecular formula is C14H11BrN2O3. The first kappa shape index (κ1) is 14.1. The molecule has 0 unspecified atom stereocenters. The van der Waals surface area contributed by atoms with Crippen LogP contribution in [0.4, 0.5) is 0 Å². The molecule has 0 bridgehead atoms. The van der Waals surface area contributed by atoms with Crippen molar-refractivity contribution in [1.29, 1.82) is 0 Å². The summed E-state index contributed by atoms with van der Waals surface area (Å²) in [5.74, 6) is -0.749. The second-order valence-electron chi connectivity index (χ2n) is 3.90. The van der Waals surface area contributed by atoms with Crippen LogP contribution >= 0.6 is 15.9 Å². The average molecular weight is 335 g/mol. The summed E-state index contributed by atoms with van der Waals surface area (Å²) >= 11 is 3.27. The Bertz CT molecular complexity index is 663. The minimum absolute atomic E-state index is 0.0371. The molecule has 3 N–H and O–H groups in total. The monoisotopic (exact) mass is 334 g/mol. The first-order valence-corrected chi connectivity index (χ1v) is 6.47. The number of benzene rings is 1. The minimum Gasteiger partial charge on any atom is -0.465 e. The third-order valence-electron chi connectivity index (χ3n) is 2.43. The average Bonchev–Trinajstić information content (AvgIpc) is 2.90. The maximum absolute atomic E-state index is 12.0. The van der Waals surface area contributed by atoms with Crippen molar-refractivity contribution in [2.45, 2.75) is 0 Å². The van der Waals surface area contributed by atoms with Gasteiger partial charge in [-0.25, -0.2) is 0 Å². The lowest BCUT2D eigenvalue weighted by molar-refractivity contribution is -0.114. The van der Waals surface area contributed by atoms with Gasteiger partial charge in [-0.15, -0.1) is 0 Å². The lowest BCUT2D eigenvalue weighted by Gasteiger charge is -2.06. The number of nitrogens with one attached hydrogen (secondary N) is 1. The predicted molar refractivity (Wildman–Crippen MR) is 77.5 cm³/mol. The molecule has 0 atom stereocenters. The van der Waals surface area contributed by atoms with Gasteiger partial charge in [0.05, 0.1) is 6.26 Å². The van der Waals surface area contributed by atoms with Gasteiger partial charge in [-0.1, -0.05) is 22.0 Å². The third-order valence-corrected chi connectivity index (χ3v) is 2.92. The van der Waals surface area contributed by atoms with E-state index in [-0.39, 0.29) is 5.70 Å². The number of rotatable bonds is 4. The summed E-state index contributed by atoms with van der Waals surface area (Å²) in [6.45, 7) is 0. The Kier molecular flexibility index (Phi) is 4.37.